The number of hydrogen-bond donors (Lipinski definition) is 2. The lowest BCUT2D eigenvalue weighted by Gasteiger charge is -2.29. The smallest absolute Gasteiger partial charge is 0.323 e. The molecule has 1 atom stereocenters. The van der Waals surface area contributed by atoms with Gasteiger partial charge >= 0.3 is 5.97 Å². The standard InChI is InChI=1S/C15H28N2O5S/c1-4-12(3)17(9-15(19)20)14(18)10-23(21,22)16-13-7-5-11(2)6-8-13/h11-13,16H,4-10H2,1-3H3,(H,19,20). The van der Waals surface area contributed by atoms with Gasteiger partial charge in [0.15, 0.2) is 0 Å². The maximum atomic E-state index is 12.2. The van der Waals surface area contributed by atoms with E-state index >= 15 is 0 Å². The number of amides is 1. The van der Waals surface area contributed by atoms with Crippen LogP contribution in [0, 0.1) is 5.92 Å². The van der Waals surface area contributed by atoms with Crippen LogP contribution >= 0.6 is 0 Å². The third-order valence-electron chi connectivity index (χ3n) is 4.42. The molecule has 0 aromatic carbocycles. The van der Waals surface area contributed by atoms with Crippen molar-refractivity contribution in [1.82, 2.24) is 9.62 Å². The second-order valence-corrected chi connectivity index (χ2v) is 8.26. The lowest BCUT2D eigenvalue weighted by Crippen LogP contribution is -2.47. The first kappa shape index (κ1) is 19.9. The molecule has 0 aliphatic heterocycles. The number of sulfonamides is 1. The van der Waals surface area contributed by atoms with E-state index in [9.17, 15) is 18.0 Å². The zero-order chi connectivity index (χ0) is 17.6. The molecule has 0 radical (unpaired) electrons. The summed E-state index contributed by atoms with van der Waals surface area (Å²) >= 11 is 0. The lowest BCUT2D eigenvalue weighted by atomic mass is 9.88. The molecule has 1 rings (SSSR count). The number of carboxylic acid groups (broad SMARTS) is 1. The molecule has 0 bridgehead atoms. The quantitative estimate of drug-likeness (QED) is 0.686. The molecule has 7 nitrogen and oxygen atoms in total. The first-order chi connectivity index (χ1) is 10.6. The monoisotopic (exact) mass is 348 g/mol. The molecule has 1 aliphatic rings. The van der Waals surface area contributed by atoms with Crippen LogP contribution in [0.1, 0.15) is 52.9 Å². The first-order valence-corrected chi connectivity index (χ1v) is 9.81. The third-order valence-corrected chi connectivity index (χ3v) is 5.74. The molecule has 134 valence electrons. The Hall–Kier alpha value is -1.15. The molecule has 0 aromatic heterocycles. The summed E-state index contributed by atoms with van der Waals surface area (Å²) in [6.45, 7) is 5.20. The fourth-order valence-electron chi connectivity index (χ4n) is 2.77. The summed E-state index contributed by atoms with van der Waals surface area (Å²) in [6.07, 6.45) is 4.06. The Bertz CT molecular complexity index is 512. The topological polar surface area (TPSA) is 104 Å². The fraction of sp³-hybridized carbons (Fsp3) is 0.867. The highest BCUT2D eigenvalue weighted by Gasteiger charge is 2.29. The van der Waals surface area contributed by atoms with Crippen molar-refractivity contribution < 1.29 is 23.1 Å². The van der Waals surface area contributed by atoms with E-state index in [1.807, 2.05) is 6.92 Å². The van der Waals surface area contributed by atoms with Crippen LogP contribution in [0.15, 0.2) is 0 Å². The van der Waals surface area contributed by atoms with Crippen LogP contribution in [0.5, 0.6) is 0 Å². The number of carboxylic acids is 1. The average molecular weight is 348 g/mol. The summed E-state index contributed by atoms with van der Waals surface area (Å²) in [4.78, 5) is 24.2. The fourth-order valence-corrected chi connectivity index (χ4v) is 4.09. The number of hydrogen-bond acceptors (Lipinski definition) is 4. The Morgan fingerprint density at radius 1 is 1.26 bits per heavy atom. The number of carbonyl (C=O) groups is 2. The minimum Gasteiger partial charge on any atom is -0.480 e. The SMILES string of the molecule is CCC(C)N(CC(=O)O)C(=O)CS(=O)(=O)NC1CCC(C)CC1. The summed E-state index contributed by atoms with van der Waals surface area (Å²) in [5, 5.41) is 8.90. The molecule has 0 saturated heterocycles. The molecule has 1 amide bonds. The Labute approximate surface area is 138 Å². The maximum absolute atomic E-state index is 12.2. The zero-order valence-corrected chi connectivity index (χ0v) is 14.9. The maximum Gasteiger partial charge on any atom is 0.323 e. The molecule has 1 unspecified atom stereocenters. The van der Waals surface area contributed by atoms with Gasteiger partial charge < -0.3 is 10.0 Å². The second kappa shape index (κ2) is 8.63. The first-order valence-electron chi connectivity index (χ1n) is 8.15. The summed E-state index contributed by atoms with van der Waals surface area (Å²) in [7, 11) is -3.75. The molecule has 1 saturated carbocycles. The molecular formula is C15H28N2O5S. The van der Waals surface area contributed by atoms with E-state index < -0.39 is 34.2 Å². The Kier molecular flexibility index (Phi) is 7.47. The van der Waals surface area contributed by atoms with Gasteiger partial charge in [-0.15, -0.1) is 0 Å². The van der Waals surface area contributed by atoms with Crippen LogP contribution in [-0.2, 0) is 19.6 Å². The van der Waals surface area contributed by atoms with E-state index in [1.165, 1.54) is 0 Å². The molecule has 1 aliphatic carbocycles. The number of rotatable bonds is 8. The Balaban J connectivity index is 2.66. The van der Waals surface area contributed by atoms with Crippen LogP contribution in [-0.4, -0.2) is 54.7 Å². The van der Waals surface area contributed by atoms with Gasteiger partial charge in [0.1, 0.15) is 12.3 Å². The van der Waals surface area contributed by atoms with Gasteiger partial charge in [-0.05, 0) is 44.9 Å². The van der Waals surface area contributed by atoms with Gasteiger partial charge in [-0.25, -0.2) is 13.1 Å². The van der Waals surface area contributed by atoms with Gasteiger partial charge in [0, 0.05) is 12.1 Å². The number of nitrogens with one attached hydrogen (secondary N) is 1. The molecule has 0 spiro atoms. The number of carbonyl (C=O) groups excluding carboxylic acids is 1. The summed E-state index contributed by atoms with van der Waals surface area (Å²) < 4.78 is 27.0. The second-order valence-electron chi connectivity index (χ2n) is 6.51. The van der Waals surface area contributed by atoms with Crippen LogP contribution in [0.25, 0.3) is 0 Å². The Morgan fingerprint density at radius 2 is 1.83 bits per heavy atom. The van der Waals surface area contributed by atoms with Crippen LogP contribution < -0.4 is 4.72 Å². The molecule has 2 N–H and O–H groups in total. The van der Waals surface area contributed by atoms with Crippen molar-refractivity contribution >= 4 is 21.9 Å². The van der Waals surface area contributed by atoms with Gasteiger partial charge in [-0.1, -0.05) is 13.8 Å². The van der Waals surface area contributed by atoms with E-state index in [0.717, 1.165) is 30.6 Å². The minimum atomic E-state index is -3.75. The van der Waals surface area contributed by atoms with Crippen LogP contribution in [0.4, 0.5) is 0 Å². The predicted octanol–water partition coefficient (Wildman–Crippen LogP) is 1.20. The van der Waals surface area contributed by atoms with E-state index in [2.05, 4.69) is 11.6 Å². The normalized spacial score (nSPS) is 23.3. The molecule has 1 fully saturated rings. The van der Waals surface area contributed by atoms with Gasteiger partial charge in [0.25, 0.3) is 0 Å². The van der Waals surface area contributed by atoms with E-state index in [4.69, 9.17) is 5.11 Å². The minimum absolute atomic E-state index is 0.125. The van der Waals surface area contributed by atoms with E-state index in [0.29, 0.717) is 12.3 Å². The van der Waals surface area contributed by atoms with Crippen LogP contribution in [0.3, 0.4) is 0 Å². The highest BCUT2D eigenvalue weighted by Crippen LogP contribution is 2.23. The molecule has 8 heteroatoms. The summed E-state index contributed by atoms with van der Waals surface area (Å²) in [5.41, 5.74) is 0. The van der Waals surface area contributed by atoms with E-state index in [1.54, 1.807) is 6.92 Å². The molecular weight excluding hydrogens is 320 g/mol. The summed E-state index contributed by atoms with van der Waals surface area (Å²) in [6, 6.07) is -0.440. The molecule has 0 heterocycles. The average Bonchev–Trinajstić information content (AvgIpc) is 2.45. The summed E-state index contributed by atoms with van der Waals surface area (Å²) in [5.74, 6) is -1.91. The van der Waals surface area contributed by atoms with Crippen molar-refractivity contribution in [3.05, 3.63) is 0 Å². The van der Waals surface area contributed by atoms with Crippen LogP contribution in [0.2, 0.25) is 0 Å². The van der Waals surface area contributed by atoms with Crippen molar-refractivity contribution in [2.45, 2.75) is 65.0 Å². The van der Waals surface area contributed by atoms with Crippen molar-refractivity contribution in [1.29, 1.82) is 0 Å². The predicted molar refractivity (Wildman–Crippen MR) is 87.4 cm³/mol. The van der Waals surface area contributed by atoms with Gasteiger partial charge in [0.05, 0.1) is 0 Å². The van der Waals surface area contributed by atoms with Crippen molar-refractivity contribution in [2.24, 2.45) is 5.92 Å². The lowest BCUT2D eigenvalue weighted by molar-refractivity contribution is -0.145. The highest BCUT2D eigenvalue weighted by atomic mass is 32.2. The highest BCUT2D eigenvalue weighted by molar-refractivity contribution is 7.90. The van der Waals surface area contributed by atoms with Crippen molar-refractivity contribution in [2.75, 3.05) is 12.3 Å². The van der Waals surface area contributed by atoms with Crippen molar-refractivity contribution in [3.63, 3.8) is 0 Å². The Morgan fingerprint density at radius 3 is 2.30 bits per heavy atom. The van der Waals surface area contributed by atoms with Crippen molar-refractivity contribution in [3.8, 4) is 0 Å². The number of aliphatic carboxylic acids is 1. The third kappa shape index (κ3) is 6.87. The van der Waals surface area contributed by atoms with Gasteiger partial charge in [-0.3, -0.25) is 9.59 Å². The van der Waals surface area contributed by atoms with E-state index in [-0.39, 0.29) is 12.1 Å². The molecule has 23 heavy (non-hydrogen) atoms. The zero-order valence-electron chi connectivity index (χ0n) is 14.1. The largest absolute Gasteiger partial charge is 0.480 e. The number of nitrogens with zero attached hydrogens (tertiary/aromatic N) is 1. The van der Waals surface area contributed by atoms with Gasteiger partial charge in [0.2, 0.25) is 15.9 Å². The van der Waals surface area contributed by atoms with Gasteiger partial charge in [-0.2, -0.15) is 0 Å². The molecule has 0 aromatic rings.